The number of aromatic nitrogens is 3. The highest BCUT2D eigenvalue weighted by Gasteiger charge is 2.23. The van der Waals surface area contributed by atoms with E-state index in [-0.39, 0.29) is 0 Å². The molecule has 0 radical (unpaired) electrons. The van der Waals surface area contributed by atoms with E-state index in [1.54, 1.807) is 13.3 Å². The Hall–Kier alpha value is -0.980. The van der Waals surface area contributed by atoms with Crippen LogP contribution in [-0.2, 0) is 11.3 Å². The van der Waals surface area contributed by atoms with Crippen LogP contribution in [0.5, 0.6) is 0 Å². The topological polar surface area (TPSA) is 51.5 Å². The maximum Gasteiger partial charge on any atom is 0.155 e. The fraction of sp³-hybridized carbons (Fsp3) is 0.538. The molecule has 102 valence electrons. The van der Waals surface area contributed by atoms with Crippen molar-refractivity contribution >= 4 is 21.6 Å². The van der Waals surface area contributed by atoms with E-state index in [0.717, 1.165) is 35.3 Å². The number of hydrogen-bond donors (Lipinski definition) is 1. The molecule has 1 aliphatic carbocycles. The summed E-state index contributed by atoms with van der Waals surface area (Å²) >= 11 is 3.39. The third kappa shape index (κ3) is 2.80. The van der Waals surface area contributed by atoms with Crippen LogP contribution in [0.1, 0.15) is 25.0 Å². The molecule has 2 unspecified atom stereocenters. The first-order valence-corrected chi connectivity index (χ1v) is 7.29. The molecule has 1 saturated carbocycles. The summed E-state index contributed by atoms with van der Waals surface area (Å²) in [6.45, 7) is 0.818. The highest BCUT2D eigenvalue weighted by atomic mass is 79.9. The summed E-state index contributed by atoms with van der Waals surface area (Å²) in [5, 5.41) is 3.58. The summed E-state index contributed by atoms with van der Waals surface area (Å²) in [4.78, 5) is 8.53. The molecule has 1 aliphatic rings. The van der Waals surface area contributed by atoms with Crippen LogP contribution >= 0.6 is 15.9 Å². The molecule has 0 aromatic carbocycles. The van der Waals surface area contributed by atoms with Crippen LogP contribution in [0.15, 0.2) is 23.2 Å². The number of rotatable bonds is 4. The summed E-state index contributed by atoms with van der Waals surface area (Å²) in [7, 11) is 1.79. The lowest BCUT2D eigenvalue weighted by Gasteiger charge is -2.12. The molecule has 19 heavy (non-hydrogen) atoms. The van der Waals surface area contributed by atoms with Crippen molar-refractivity contribution < 1.29 is 4.74 Å². The molecular weight excluding hydrogens is 308 g/mol. The van der Waals surface area contributed by atoms with Gasteiger partial charge in [-0.05, 0) is 35.2 Å². The molecule has 2 atom stereocenters. The molecule has 1 fully saturated rings. The second-order valence-electron chi connectivity index (χ2n) is 4.94. The Morgan fingerprint density at radius 3 is 3.11 bits per heavy atom. The number of ether oxygens (including phenoxy) is 1. The first kappa shape index (κ1) is 13.0. The van der Waals surface area contributed by atoms with Gasteiger partial charge in [0.2, 0.25) is 0 Å². The monoisotopic (exact) mass is 324 g/mol. The maximum absolute atomic E-state index is 5.39. The molecule has 2 aromatic heterocycles. The fourth-order valence-corrected chi connectivity index (χ4v) is 2.94. The van der Waals surface area contributed by atoms with E-state index in [0.29, 0.717) is 12.1 Å². The summed E-state index contributed by atoms with van der Waals surface area (Å²) in [6, 6.07) is 0.542. The average molecular weight is 325 g/mol. The predicted molar refractivity (Wildman–Crippen MR) is 76.0 cm³/mol. The van der Waals surface area contributed by atoms with Crippen LogP contribution in [-0.4, -0.2) is 33.6 Å². The normalized spacial score (nSPS) is 23.3. The second kappa shape index (κ2) is 5.56. The van der Waals surface area contributed by atoms with Crippen LogP contribution in [0, 0.1) is 0 Å². The van der Waals surface area contributed by atoms with Gasteiger partial charge in [0.25, 0.3) is 0 Å². The molecule has 0 aliphatic heterocycles. The van der Waals surface area contributed by atoms with Crippen LogP contribution < -0.4 is 5.32 Å². The lowest BCUT2D eigenvalue weighted by Crippen LogP contribution is -2.27. The number of hydrogen-bond acceptors (Lipinski definition) is 4. The maximum atomic E-state index is 5.39. The van der Waals surface area contributed by atoms with Crippen molar-refractivity contribution in [3.8, 4) is 0 Å². The van der Waals surface area contributed by atoms with E-state index in [1.807, 2.05) is 12.4 Å². The fourth-order valence-electron chi connectivity index (χ4n) is 2.64. The Labute approximate surface area is 120 Å². The molecular formula is C13H17BrN4O. The zero-order chi connectivity index (χ0) is 13.2. The highest BCUT2D eigenvalue weighted by Crippen LogP contribution is 2.21. The van der Waals surface area contributed by atoms with Gasteiger partial charge in [0.15, 0.2) is 5.65 Å². The quantitative estimate of drug-likeness (QED) is 0.936. The lowest BCUT2D eigenvalue weighted by molar-refractivity contribution is 0.107. The molecule has 1 N–H and O–H groups in total. The molecule has 0 amide bonds. The van der Waals surface area contributed by atoms with Gasteiger partial charge in [0.05, 0.1) is 24.2 Å². The Morgan fingerprint density at radius 2 is 2.32 bits per heavy atom. The van der Waals surface area contributed by atoms with Gasteiger partial charge in [0, 0.05) is 25.9 Å². The molecule has 5 nitrogen and oxygen atoms in total. The first-order valence-electron chi connectivity index (χ1n) is 6.50. The lowest BCUT2D eigenvalue weighted by atomic mass is 10.2. The summed E-state index contributed by atoms with van der Waals surface area (Å²) in [5.74, 6) is 0. The van der Waals surface area contributed by atoms with Crippen molar-refractivity contribution in [3.05, 3.63) is 28.9 Å². The third-order valence-electron chi connectivity index (χ3n) is 3.73. The van der Waals surface area contributed by atoms with Crippen molar-refractivity contribution in [2.75, 3.05) is 7.11 Å². The molecule has 0 bridgehead atoms. The Kier molecular flexibility index (Phi) is 3.81. The zero-order valence-electron chi connectivity index (χ0n) is 10.8. The van der Waals surface area contributed by atoms with Gasteiger partial charge >= 0.3 is 0 Å². The van der Waals surface area contributed by atoms with E-state index in [2.05, 4.69) is 35.6 Å². The molecule has 3 rings (SSSR count). The first-order chi connectivity index (χ1) is 9.26. The minimum Gasteiger partial charge on any atom is -0.381 e. The van der Waals surface area contributed by atoms with E-state index >= 15 is 0 Å². The van der Waals surface area contributed by atoms with Crippen LogP contribution in [0.3, 0.4) is 0 Å². The van der Waals surface area contributed by atoms with E-state index in [1.165, 1.54) is 6.42 Å². The minimum atomic E-state index is 0.415. The molecule has 0 saturated heterocycles. The van der Waals surface area contributed by atoms with Gasteiger partial charge in [-0.2, -0.15) is 0 Å². The Morgan fingerprint density at radius 1 is 1.42 bits per heavy atom. The number of imidazole rings is 1. The van der Waals surface area contributed by atoms with Gasteiger partial charge in [-0.1, -0.05) is 0 Å². The van der Waals surface area contributed by atoms with E-state index < -0.39 is 0 Å². The molecule has 2 heterocycles. The van der Waals surface area contributed by atoms with Crippen LogP contribution in [0.2, 0.25) is 0 Å². The van der Waals surface area contributed by atoms with Crippen molar-refractivity contribution in [3.63, 3.8) is 0 Å². The number of nitrogens with one attached hydrogen (secondary N) is 1. The number of halogens is 1. The van der Waals surface area contributed by atoms with E-state index in [4.69, 9.17) is 4.74 Å². The third-order valence-corrected chi connectivity index (χ3v) is 4.14. The van der Waals surface area contributed by atoms with Crippen LogP contribution in [0.4, 0.5) is 0 Å². The van der Waals surface area contributed by atoms with Crippen molar-refractivity contribution in [2.24, 2.45) is 0 Å². The average Bonchev–Trinajstić information content (AvgIpc) is 3.02. The predicted octanol–water partition coefficient (Wildman–Crippen LogP) is 2.15. The van der Waals surface area contributed by atoms with Gasteiger partial charge in [-0.25, -0.2) is 9.97 Å². The summed E-state index contributed by atoms with van der Waals surface area (Å²) in [5.41, 5.74) is 2.03. The smallest absolute Gasteiger partial charge is 0.155 e. The van der Waals surface area contributed by atoms with E-state index in [9.17, 15) is 0 Å². The van der Waals surface area contributed by atoms with Crippen molar-refractivity contribution in [1.29, 1.82) is 0 Å². The Bertz CT molecular complexity index is 571. The molecule has 0 spiro atoms. The van der Waals surface area contributed by atoms with Gasteiger partial charge in [-0.15, -0.1) is 0 Å². The van der Waals surface area contributed by atoms with Gasteiger partial charge < -0.3 is 10.1 Å². The highest BCUT2D eigenvalue weighted by molar-refractivity contribution is 9.10. The SMILES string of the molecule is COC1CCC(NCc2cnc3cnc(Br)cn23)C1. The minimum absolute atomic E-state index is 0.415. The van der Waals surface area contributed by atoms with Crippen molar-refractivity contribution in [2.45, 2.75) is 38.0 Å². The standard InChI is InChI=1S/C13H17BrN4O/c1-19-11-3-2-9(4-11)15-5-10-6-17-13-7-16-12(14)8-18(10)13/h6-9,11,15H,2-5H2,1H3. The van der Waals surface area contributed by atoms with Crippen molar-refractivity contribution in [1.82, 2.24) is 19.7 Å². The van der Waals surface area contributed by atoms with Crippen LogP contribution in [0.25, 0.3) is 5.65 Å². The number of methoxy groups -OCH3 is 1. The Balaban J connectivity index is 1.67. The molecule has 6 heteroatoms. The summed E-state index contributed by atoms with van der Waals surface area (Å²) in [6.07, 6.45) is 9.46. The summed E-state index contributed by atoms with van der Waals surface area (Å²) < 4.78 is 8.27. The number of nitrogens with zero attached hydrogens (tertiary/aromatic N) is 3. The number of fused-ring (bicyclic) bond motifs is 1. The van der Waals surface area contributed by atoms with Gasteiger partial charge in [-0.3, -0.25) is 4.40 Å². The van der Waals surface area contributed by atoms with Gasteiger partial charge in [0.1, 0.15) is 4.60 Å². The molecule has 2 aromatic rings. The largest absolute Gasteiger partial charge is 0.381 e. The zero-order valence-corrected chi connectivity index (χ0v) is 12.4. The second-order valence-corrected chi connectivity index (χ2v) is 5.75.